The van der Waals surface area contributed by atoms with E-state index in [0.717, 1.165) is 29.0 Å². The number of hydrogen-bond donors (Lipinski definition) is 1. The SMILES string of the molecule is CC(OC(=O)c1ccc(OCc2ccccc2)cc1)C(=O)Nc1nc(-c2ccc(F)c(F)c2)cs1. The third-order valence-electron chi connectivity index (χ3n) is 4.94. The quantitative estimate of drug-likeness (QED) is 0.311. The van der Waals surface area contributed by atoms with E-state index >= 15 is 0 Å². The highest BCUT2D eigenvalue weighted by Crippen LogP contribution is 2.26. The largest absolute Gasteiger partial charge is 0.489 e. The van der Waals surface area contributed by atoms with Gasteiger partial charge in [-0.25, -0.2) is 18.6 Å². The summed E-state index contributed by atoms with van der Waals surface area (Å²) in [4.78, 5) is 29.1. The molecule has 35 heavy (non-hydrogen) atoms. The number of anilines is 1. The molecule has 3 aromatic carbocycles. The molecule has 1 N–H and O–H groups in total. The molecule has 9 heteroatoms. The number of aromatic nitrogens is 1. The van der Waals surface area contributed by atoms with E-state index < -0.39 is 29.6 Å². The zero-order chi connectivity index (χ0) is 24.8. The lowest BCUT2D eigenvalue weighted by Crippen LogP contribution is -2.29. The van der Waals surface area contributed by atoms with Gasteiger partial charge in [0.15, 0.2) is 22.9 Å². The average Bonchev–Trinajstić information content (AvgIpc) is 3.33. The highest BCUT2D eigenvalue weighted by Gasteiger charge is 2.20. The summed E-state index contributed by atoms with van der Waals surface area (Å²) in [6.07, 6.45) is -1.09. The Kier molecular flexibility index (Phi) is 7.47. The molecule has 0 spiro atoms. The molecule has 1 atom stereocenters. The van der Waals surface area contributed by atoms with E-state index in [1.807, 2.05) is 30.3 Å². The summed E-state index contributed by atoms with van der Waals surface area (Å²) in [6, 6.07) is 19.5. The first-order valence-electron chi connectivity index (χ1n) is 10.6. The van der Waals surface area contributed by atoms with Gasteiger partial charge >= 0.3 is 5.97 Å². The molecule has 0 saturated carbocycles. The molecule has 1 aromatic heterocycles. The number of esters is 1. The van der Waals surface area contributed by atoms with Crippen molar-refractivity contribution in [1.29, 1.82) is 0 Å². The number of rotatable bonds is 8. The molecule has 1 amide bonds. The van der Waals surface area contributed by atoms with Crippen molar-refractivity contribution in [3.63, 3.8) is 0 Å². The van der Waals surface area contributed by atoms with E-state index in [1.54, 1.807) is 29.6 Å². The lowest BCUT2D eigenvalue weighted by Gasteiger charge is -2.13. The van der Waals surface area contributed by atoms with Crippen LogP contribution < -0.4 is 10.1 Å². The highest BCUT2D eigenvalue weighted by atomic mass is 32.1. The smallest absolute Gasteiger partial charge is 0.338 e. The second-order valence-electron chi connectivity index (χ2n) is 7.50. The van der Waals surface area contributed by atoms with E-state index in [9.17, 15) is 18.4 Å². The summed E-state index contributed by atoms with van der Waals surface area (Å²) in [5.74, 6) is -2.59. The van der Waals surface area contributed by atoms with Crippen LogP contribution in [0.1, 0.15) is 22.8 Å². The van der Waals surface area contributed by atoms with Crippen LogP contribution in [0.5, 0.6) is 5.75 Å². The predicted molar refractivity (Wildman–Crippen MR) is 128 cm³/mol. The van der Waals surface area contributed by atoms with Gasteiger partial charge in [0.2, 0.25) is 0 Å². The number of nitrogens with one attached hydrogen (secondary N) is 1. The number of ether oxygens (including phenoxy) is 2. The lowest BCUT2D eigenvalue weighted by atomic mass is 10.2. The molecule has 4 rings (SSSR count). The van der Waals surface area contributed by atoms with Gasteiger partial charge in [0.05, 0.1) is 11.3 Å². The van der Waals surface area contributed by atoms with Crippen molar-refractivity contribution >= 4 is 28.3 Å². The maximum Gasteiger partial charge on any atom is 0.338 e. The molecule has 0 saturated heterocycles. The number of hydrogen-bond acceptors (Lipinski definition) is 6. The molecule has 0 aliphatic heterocycles. The zero-order valence-electron chi connectivity index (χ0n) is 18.5. The number of benzene rings is 3. The Hall–Kier alpha value is -4.11. The van der Waals surface area contributed by atoms with E-state index in [1.165, 1.54) is 13.0 Å². The van der Waals surface area contributed by atoms with Crippen LogP contribution >= 0.6 is 11.3 Å². The van der Waals surface area contributed by atoms with Crippen molar-refractivity contribution in [1.82, 2.24) is 4.98 Å². The average molecular weight is 495 g/mol. The molecular formula is C26H20F2N2O4S. The molecule has 0 fully saturated rings. The zero-order valence-corrected chi connectivity index (χ0v) is 19.4. The Labute approximate surface area is 204 Å². The monoisotopic (exact) mass is 494 g/mol. The topological polar surface area (TPSA) is 77.5 Å². The van der Waals surface area contributed by atoms with Gasteiger partial charge in [0.1, 0.15) is 12.4 Å². The Morgan fingerprint density at radius 1 is 1.00 bits per heavy atom. The second-order valence-corrected chi connectivity index (χ2v) is 8.36. The summed E-state index contributed by atoms with van der Waals surface area (Å²) in [6.45, 7) is 1.84. The van der Waals surface area contributed by atoms with Crippen LogP contribution in [0.4, 0.5) is 13.9 Å². The van der Waals surface area contributed by atoms with Crippen molar-refractivity contribution in [2.45, 2.75) is 19.6 Å². The number of nitrogens with zero attached hydrogens (tertiary/aromatic N) is 1. The maximum absolute atomic E-state index is 13.5. The third kappa shape index (κ3) is 6.27. The first-order valence-corrected chi connectivity index (χ1v) is 11.5. The predicted octanol–water partition coefficient (Wildman–Crippen LogP) is 5.85. The molecule has 4 aromatic rings. The summed E-state index contributed by atoms with van der Waals surface area (Å²) < 4.78 is 37.5. The van der Waals surface area contributed by atoms with Gasteiger partial charge in [-0.1, -0.05) is 30.3 Å². The standard InChI is InChI=1S/C26H20F2N2O4S/c1-16(24(31)30-26-29-23(15-35-26)19-9-12-21(27)22(28)13-19)34-25(32)18-7-10-20(11-8-18)33-14-17-5-3-2-4-6-17/h2-13,15-16H,14H2,1H3,(H,29,30,31). The van der Waals surface area contributed by atoms with Crippen molar-refractivity contribution in [2.75, 3.05) is 5.32 Å². The van der Waals surface area contributed by atoms with Gasteiger partial charge in [-0.05, 0) is 55.0 Å². The molecule has 1 unspecified atom stereocenters. The Morgan fingerprint density at radius 3 is 2.46 bits per heavy atom. The van der Waals surface area contributed by atoms with E-state index in [-0.39, 0.29) is 10.7 Å². The van der Waals surface area contributed by atoms with Gasteiger partial charge in [-0.3, -0.25) is 10.1 Å². The number of amides is 1. The fraction of sp³-hybridized carbons (Fsp3) is 0.115. The maximum atomic E-state index is 13.5. The van der Waals surface area contributed by atoms with Crippen LogP contribution in [0, 0.1) is 11.6 Å². The van der Waals surface area contributed by atoms with Crippen LogP contribution in [0.15, 0.2) is 78.2 Å². The minimum atomic E-state index is -1.09. The van der Waals surface area contributed by atoms with Crippen LogP contribution in [0.2, 0.25) is 0 Å². The van der Waals surface area contributed by atoms with Crippen molar-refractivity contribution in [3.05, 3.63) is 101 Å². The number of carbonyl (C=O) groups is 2. The van der Waals surface area contributed by atoms with E-state index in [2.05, 4.69) is 10.3 Å². The van der Waals surface area contributed by atoms with Crippen molar-refractivity contribution in [3.8, 4) is 17.0 Å². The summed E-state index contributed by atoms with van der Waals surface area (Å²) in [7, 11) is 0. The number of halogens is 2. The number of carbonyl (C=O) groups excluding carboxylic acids is 2. The molecule has 6 nitrogen and oxygen atoms in total. The molecule has 178 valence electrons. The molecule has 0 aliphatic carbocycles. The minimum Gasteiger partial charge on any atom is -0.489 e. The van der Waals surface area contributed by atoms with Crippen LogP contribution in [-0.2, 0) is 16.1 Å². The lowest BCUT2D eigenvalue weighted by molar-refractivity contribution is -0.123. The fourth-order valence-corrected chi connectivity index (χ4v) is 3.76. The van der Waals surface area contributed by atoms with Crippen molar-refractivity contribution in [2.24, 2.45) is 0 Å². The number of thiazole rings is 1. The molecule has 0 radical (unpaired) electrons. The summed E-state index contributed by atoms with van der Waals surface area (Å²) >= 11 is 1.11. The van der Waals surface area contributed by atoms with Gasteiger partial charge in [0, 0.05) is 10.9 Å². The first kappa shape index (κ1) is 24.0. The Morgan fingerprint density at radius 2 is 1.74 bits per heavy atom. The molecule has 0 bridgehead atoms. The third-order valence-corrected chi connectivity index (χ3v) is 5.70. The first-order chi connectivity index (χ1) is 16.9. The van der Waals surface area contributed by atoms with Gasteiger partial charge in [0.25, 0.3) is 5.91 Å². The Balaban J connectivity index is 1.30. The fourth-order valence-electron chi connectivity index (χ4n) is 3.04. The van der Waals surface area contributed by atoms with Crippen molar-refractivity contribution < 1.29 is 27.8 Å². The minimum absolute atomic E-state index is 0.234. The molecule has 0 aliphatic rings. The Bertz CT molecular complexity index is 1330. The van der Waals surface area contributed by atoms with Gasteiger partial charge in [-0.15, -0.1) is 11.3 Å². The van der Waals surface area contributed by atoms with Gasteiger partial charge < -0.3 is 9.47 Å². The van der Waals surface area contributed by atoms with Crippen LogP contribution in [0.3, 0.4) is 0 Å². The van der Waals surface area contributed by atoms with E-state index in [4.69, 9.17) is 9.47 Å². The molecule has 1 heterocycles. The van der Waals surface area contributed by atoms with Gasteiger partial charge in [-0.2, -0.15) is 0 Å². The summed E-state index contributed by atoms with van der Waals surface area (Å²) in [5.41, 5.74) is 2.04. The summed E-state index contributed by atoms with van der Waals surface area (Å²) in [5, 5.41) is 4.39. The second kappa shape index (κ2) is 10.9. The molecular weight excluding hydrogens is 474 g/mol. The van der Waals surface area contributed by atoms with Crippen LogP contribution in [0.25, 0.3) is 11.3 Å². The van der Waals surface area contributed by atoms with Crippen LogP contribution in [-0.4, -0.2) is 23.0 Å². The highest BCUT2D eigenvalue weighted by molar-refractivity contribution is 7.14. The van der Waals surface area contributed by atoms with E-state index in [0.29, 0.717) is 23.6 Å². The normalized spacial score (nSPS) is 11.5.